The molecule has 4 rings (SSSR count). The molecule has 146 valence electrons. The number of nitrogens with zero attached hydrogens (tertiary/aromatic N) is 1. The fraction of sp³-hybridized carbons (Fsp3) is 0.391. The van der Waals surface area contributed by atoms with Crippen molar-refractivity contribution in [2.45, 2.75) is 38.0 Å². The van der Waals surface area contributed by atoms with Crippen LogP contribution in [-0.2, 0) is 12.8 Å². The van der Waals surface area contributed by atoms with Crippen molar-refractivity contribution >= 4 is 11.0 Å². The van der Waals surface area contributed by atoms with Crippen molar-refractivity contribution in [1.29, 1.82) is 0 Å². The van der Waals surface area contributed by atoms with E-state index < -0.39 is 0 Å². The van der Waals surface area contributed by atoms with Gasteiger partial charge in [0.15, 0.2) is 6.39 Å². The second-order valence-electron chi connectivity index (χ2n) is 7.39. The van der Waals surface area contributed by atoms with Crippen molar-refractivity contribution in [2.24, 2.45) is 0 Å². The summed E-state index contributed by atoms with van der Waals surface area (Å²) in [5, 5.41) is 4.10. The zero-order valence-electron chi connectivity index (χ0n) is 16.2. The first-order chi connectivity index (χ1) is 13.8. The van der Waals surface area contributed by atoms with E-state index in [0.29, 0.717) is 16.9 Å². The van der Waals surface area contributed by atoms with Crippen LogP contribution >= 0.6 is 0 Å². The first kappa shape index (κ1) is 18.7. The molecule has 1 unspecified atom stereocenters. The largest absolute Gasteiger partial charge is 0.496 e. The third kappa shape index (κ3) is 3.94. The molecule has 5 heteroatoms. The number of hydrogen-bond acceptors (Lipinski definition) is 5. The third-order valence-corrected chi connectivity index (χ3v) is 5.69. The summed E-state index contributed by atoms with van der Waals surface area (Å²) in [6, 6.07) is 12.2. The molecule has 2 aromatic carbocycles. The molecule has 1 aromatic heterocycles. The second kappa shape index (κ2) is 8.57. The van der Waals surface area contributed by atoms with Crippen LogP contribution in [0.5, 0.6) is 5.75 Å². The number of rotatable bonds is 7. The normalized spacial score (nSPS) is 16.1. The van der Waals surface area contributed by atoms with Crippen LogP contribution in [-0.4, -0.2) is 25.2 Å². The minimum atomic E-state index is -0.240. The fourth-order valence-corrected chi connectivity index (χ4v) is 4.24. The van der Waals surface area contributed by atoms with E-state index in [-0.39, 0.29) is 5.56 Å². The zero-order chi connectivity index (χ0) is 19.3. The Hall–Kier alpha value is -2.66. The van der Waals surface area contributed by atoms with E-state index in [1.165, 1.54) is 30.4 Å². The van der Waals surface area contributed by atoms with Gasteiger partial charge in [0.2, 0.25) is 0 Å². The number of nitrogens with one attached hydrogen (secondary N) is 1. The smallest absolute Gasteiger partial charge is 0.283 e. The lowest BCUT2D eigenvalue weighted by Gasteiger charge is -2.27. The molecule has 0 spiro atoms. The molecular weight excluding hydrogens is 352 g/mol. The zero-order valence-corrected chi connectivity index (χ0v) is 16.2. The highest BCUT2D eigenvalue weighted by molar-refractivity contribution is 5.75. The number of benzene rings is 2. The monoisotopic (exact) mass is 378 g/mol. The summed E-state index contributed by atoms with van der Waals surface area (Å²) in [6.07, 6.45) is 6.85. The number of aromatic nitrogens is 1. The van der Waals surface area contributed by atoms with E-state index in [9.17, 15) is 4.79 Å². The first-order valence-corrected chi connectivity index (χ1v) is 9.99. The van der Waals surface area contributed by atoms with Gasteiger partial charge in [0.05, 0.1) is 12.5 Å². The van der Waals surface area contributed by atoms with E-state index in [1.807, 2.05) is 12.1 Å². The Morgan fingerprint density at radius 1 is 1.25 bits per heavy atom. The minimum Gasteiger partial charge on any atom is -0.496 e. The van der Waals surface area contributed by atoms with Gasteiger partial charge in [0.25, 0.3) is 5.56 Å². The lowest BCUT2D eigenvalue weighted by Crippen LogP contribution is -2.22. The Morgan fingerprint density at radius 2 is 2.18 bits per heavy atom. The SMILES string of the molecule is COc1cccc2c1CCCC2CCNCCc1ccc2c(=O)ncoc2c1. The minimum absolute atomic E-state index is 0.240. The molecule has 0 aliphatic heterocycles. The van der Waals surface area contributed by atoms with Gasteiger partial charge in [0, 0.05) is 0 Å². The Balaban J connectivity index is 1.30. The van der Waals surface area contributed by atoms with E-state index in [0.717, 1.165) is 43.7 Å². The summed E-state index contributed by atoms with van der Waals surface area (Å²) >= 11 is 0. The van der Waals surface area contributed by atoms with Gasteiger partial charge in [-0.1, -0.05) is 18.2 Å². The molecule has 1 N–H and O–H groups in total. The molecule has 0 amide bonds. The van der Waals surface area contributed by atoms with E-state index in [1.54, 1.807) is 13.2 Å². The maximum atomic E-state index is 11.7. The fourth-order valence-electron chi connectivity index (χ4n) is 4.24. The van der Waals surface area contributed by atoms with Gasteiger partial charge in [-0.2, -0.15) is 4.98 Å². The van der Waals surface area contributed by atoms with Gasteiger partial charge in [-0.05, 0) is 86.0 Å². The predicted molar refractivity (Wildman–Crippen MR) is 110 cm³/mol. The molecule has 1 aliphatic rings. The van der Waals surface area contributed by atoms with Crippen molar-refractivity contribution in [2.75, 3.05) is 20.2 Å². The summed E-state index contributed by atoms with van der Waals surface area (Å²) in [5.74, 6) is 1.64. The van der Waals surface area contributed by atoms with Gasteiger partial charge in [-0.25, -0.2) is 0 Å². The Labute approximate surface area is 164 Å². The van der Waals surface area contributed by atoms with Crippen LogP contribution in [0, 0.1) is 0 Å². The quantitative estimate of drug-likeness (QED) is 0.633. The molecule has 0 saturated heterocycles. The van der Waals surface area contributed by atoms with Gasteiger partial charge in [-0.3, -0.25) is 4.79 Å². The number of ether oxygens (including phenoxy) is 1. The Bertz CT molecular complexity index is 1010. The maximum Gasteiger partial charge on any atom is 0.283 e. The van der Waals surface area contributed by atoms with Crippen molar-refractivity contribution in [3.05, 3.63) is 69.8 Å². The molecule has 1 atom stereocenters. The summed E-state index contributed by atoms with van der Waals surface area (Å²) in [5.41, 5.74) is 4.38. The van der Waals surface area contributed by atoms with E-state index in [4.69, 9.17) is 9.15 Å². The molecule has 0 radical (unpaired) electrons. The van der Waals surface area contributed by atoms with Crippen LogP contribution in [0.25, 0.3) is 11.0 Å². The summed E-state index contributed by atoms with van der Waals surface area (Å²) in [4.78, 5) is 15.3. The Kier molecular flexibility index (Phi) is 5.72. The average Bonchev–Trinajstić information content (AvgIpc) is 2.73. The van der Waals surface area contributed by atoms with Crippen LogP contribution in [0.15, 0.2) is 52.0 Å². The van der Waals surface area contributed by atoms with Crippen molar-refractivity contribution in [3.8, 4) is 5.75 Å². The van der Waals surface area contributed by atoms with Crippen LogP contribution in [0.3, 0.4) is 0 Å². The standard InChI is InChI=1S/C23H26N2O3/c1-27-21-7-3-5-18-17(4-2-6-19(18)21)11-13-24-12-10-16-8-9-20-22(14-16)28-15-25-23(20)26/h3,5,7-9,14-15,17,24H,2,4,6,10-13H2,1H3. The van der Waals surface area contributed by atoms with Crippen molar-refractivity contribution in [3.63, 3.8) is 0 Å². The molecule has 1 aliphatic carbocycles. The predicted octanol–water partition coefficient (Wildman–Crippen LogP) is 3.84. The number of fused-ring (bicyclic) bond motifs is 2. The molecule has 0 fully saturated rings. The molecule has 3 aromatic rings. The molecule has 5 nitrogen and oxygen atoms in total. The summed E-state index contributed by atoms with van der Waals surface area (Å²) in [6.45, 7) is 1.90. The average molecular weight is 378 g/mol. The van der Waals surface area contributed by atoms with Gasteiger partial charge in [-0.15, -0.1) is 0 Å². The van der Waals surface area contributed by atoms with Gasteiger partial charge in [0.1, 0.15) is 11.3 Å². The molecule has 1 heterocycles. The summed E-state index contributed by atoms with van der Waals surface area (Å²) < 4.78 is 10.9. The first-order valence-electron chi connectivity index (χ1n) is 9.99. The molecule has 0 bridgehead atoms. The highest BCUT2D eigenvalue weighted by Crippen LogP contribution is 2.38. The molecule has 0 saturated carbocycles. The van der Waals surface area contributed by atoms with E-state index in [2.05, 4.69) is 28.5 Å². The van der Waals surface area contributed by atoms with Crippen molar-refractivity contribution < 1.29 is 9.15 Å². The van der Waals surface area contributed by atoms with Crippen LogP contribution in [0.2, 0.25) is 0 Å². The van der Waals surface area contributed by atoms with Gasteiger partial charge < -0.3 is 14.5 Å². The van der Waals surface area contributed by atoms with Crippen molar-refractivity contribution in [1.82, 2.24) is 10.3 Å². The number of methoxy groups -OCH3 is 1. The van der Waals surface area contributed by atoms with Gasteiger partial charge >= 0.3 is 0 Å². The lowest BCUT2D eigenvalue weighted by atomic mass is 9.80. The second-order valence-corrected chi connectivity index (χ2v) is 7.39. The van der Waals surface area contributed by atoms with Crippen LogP contribution in [0.4, 0.5) is 0 Å². The number of hydrogen-bond donors (Lipinski definition) is 1. The summed E-state index contributed by atoms with van der Waals surface area (Å²) in [7, 11) is 1.76. The van der Waals surface area contributed by atoms with Crippen LogP contribution < -0.4 is 15.6 Å². The highest BCUT2D eigenvalue weighted by atomic mass is 16.5. The molecular formula is C23H26N2O3. The van der Waals surface area contributed by atoms with Crippen LogP contribution in [0.1, 0.15) is 41.9 Å². The molecule has 28 heavy (non-hydrogen) atoms. The third-order valence-electron chi connectivity index (χ3n) is 5.69. The Morgan fingerprint density at radius 3 is 3.07 bits per heavy atom. The highest BCUT2D eigenvalue weighted by Gasteiger charge is 2.22. The van der Waals surface area contributed by atoms with E-state index >= 15 is 0 Å². The lowest BCUT2D eigenvalue weighted by molar-refractivity contribution is 0.401. The topological polar surface area (TPSA) is 64.4 Å². The maximum absolute atomic E-state index is 11.7.